The Morgan fingerprint density at radius 3 is 2.36 bits per heavy atom. The third kappa shape index (κ3) is 5.95. The van der Waals surface area contributed by atoms with Crippen LogP contribution in [0.2, 0.25) is 0 Å². The van der Waals surface area contributed by atoms with Crippen LogP contribution in [-0.4, -0.2) is 11.8 Å². The van der Waals surface area contributed by atoms with Crippen LogP contribution in [0.5, 0.6) is 0 Å². The van der Waals surface area contributed by atoms with Crippen LogP contribution < -0.4 is 5.32 Å². The van der Waals surface area contributed by atoms with Crippen LogP contribution in [-0.2, 0) is 4.84 Å². The summed E-state index contributed by atoms with van der Waals surface area (Å²) in [4.78, 5) is 17.2. The molecule has 0 atom stereocenters. The lowest BCUT2D eigenvalue weighted by Crippen LogP contribution is -2.13. The van der Waals surface area contributed by atoms with E-state index in [4.69, 9.17) is 4.84 Å². The van der Waals surface area contributed by atoms with Crippen LogP contribution in [0.15, 0.2) is 59.8 Å². The smallest absolute Gasteiger partial charge is 0.297 e. The first-order chi connectivity index (χ1) is 13.6. The molecule has 0 unspecified atom stereocenters. The highest BCUT2D eigenvalue weighted by atomic mass is 16.7. The monoisotopic (exact) mass is 378 g/mol. The van der Waals surface area contributed by atoms with Gasteiger partial charge in [-0.2, -0.15) is 0 Å². The molecule has 1 fully saturated rings. The van der Waals surface area contributed by atoms with E-state index < -0.39 is 6.09 Å². The second kappa shape index (κ2) is 10.1. The molecular weight excluding hydrogens is 348 g/mol. The molecule has 1 aliphatic rings. The van der Waals surface area contributed by atoms with Gasteiger partial charge in [-0.05, 0) is 54.4 Å². The molecule has 0 heterocycles. The van der Waals surface area contributed by atoms with E-state index in [9.17, 15) is 4.79 Å². The Hall–Kier alpha value is -2.62. The first-order valence-corrected chi connectivity index (χ1v) is 10.3. The van der Waals surface area contributed by atoms with Crippen molar-refractivity contribution in [2.45, 2.75) is 58.3 Å². The Balaban J connectivity index is 1.68. The van der Waals surface area contributed by atoms with E-state index in [1.54, 1.807) is 0 Å². The van der Waals surface area contributed by atoms with Crippen molar-refractivity contribution >= 4 is 17.5 Å². The fourth-order valence-electron chi connectivity index (χ4n) is 3.74. The average molecular weight is 379 g/mol. The van der Waals surface area contributed by atoms with E-state index in [1.165, 1.54) is 37.7 Å². The first-order valence-electron chi connectivity index (χ1n) is 10.3. The van der Waals surface area contributed by atoms with Crippen molar-refractivity contribution in [3.05, 3.63) is 65.7 Å². The molecule has 1 saturated carbocycles. The SMILES string of the molecule is CC(C)CC(=NOC(=O)Nc1ccccc1)c1ccc(C2CCCCC2)cc1. The van der Waals surface area contributed by atoms with Crippen LogP contribution in [0, 0.1) is 5.92 Å². The average Bonchev–Trinajstić information content (AvgIpc) is 2.72. The van der Waals surface area contributed by atoms with Crippen LogP contribution >= 0.6 is 0 Å². The fraction of sp³-hybridized carbons (Fsp3) is 0.417. The number of amides is 1. The third-order valence-electron chi connectivity index (χ3n) is 5.18. The molecule has 2 aromatic carbocycles. The molecule has 4 heteroatoms. The highest BCUT2D eigenvalue weighted by Gasteiger charge is 2.16. The number of nitrogens with one attached hydrogen (secondary N) is 1. The van der Waals surface area contributed by atoms with Crippen molar-refractivity contribution in [2.24, 2.45) is 11.1 Å². The number of benzene rings is 2. The Bertz CT molecular complexity index is 776. The van der Waals surface area contributed by atoms with Crippen molar-refractivity contribution in [3.63, 3.8) is 0 Å². The minimum absolute atomic E-state index is 0.414. The van der Waals surface area contributed by atoms with Gasteiger partial charge in [0.25, 0.3) is 0 Å². The number of carbonyl (C=O) groups is 1. The minimum Gasteiger partial charge on any atom is -0.297 e. The van der Waals surface area contributed by atoms with Gasteiger partial charge >= 0.3 is 6.09 Å². The summed E-state index contributed by atoms with van der Waals surface area (Å²) in [7, 11) is 0. The Morgan fingerprint density at radius 2 is 1.71 bits per heavy atom. The summed E-state index contributed by atoms with van der Waals surface area (Å²) in [5.41, 5.74) is 3.91. The molecule has 1 amide bonds. The Labute approximate surface area is 168 Å². The predicted molar refractivity (Wildman–Crippen MR) is 115 cm³/mol. The molecular formula is C24H30N2O2. The second-order valence-electron chi connectivity index (χ2n) is 7.96. The van der Waals surface area contributed by atoms with Gasteiger partial charge < -0.3 is 0 Å². The summed E-state index contributed by atoms with van der Waals surface area (Å²) in [5, 5.41) is 6.86. The van der Waals surface area contributed by atoms with Gasteiger partial charge in [-0.1, -0.05) is 80.7 Å². The molecule has 4 nitrogen and oxygen atoms in total. The van der Waals surface area contributed by atoms with E-state index >= 15 is 0 Å². The maximum atomic E-state index is 12.1. The summed E-state index contributed by atoms with van der Waals surface area (Å²) in [6, 6.07) is 17.9. The van der Waals surface area contributed by atoms with E-state index in [1.807, 2.05) is 30.3 Å². The quantitative estimate of drug-likeness (QED) is 0.344. The van der Waals surface area contributed by atoms with Crippen molar-refractivity contribution in [2.75, 3.05) is 5.32 Å². The zero-order chi connectivity index (χ0) is 19.8. The lowest BCUT2D eigenvalue weighted by Gasteiger charge is -2.22. The highest BCUT2D eigenvalue weighted by Crippen LogP contribution is 2.32. The molecule has 1 N–H and O–H groups in total. The maximum Gasteiger partial charge on any atom is 0.437 e. The number of oxime groups is 1. The van der Waals surface area contributed by atoms with Gasteiger partial charge in [-0.25, -0.2) is 4.79 Å². The largest absolute Gasteiger partial charge is 0.437 e. The molecule has 0 bridgehead atoms. The number of hydrogen-bond donors (Lipinski definition) is 1. The van der Waals surface area contributed by atoms with Crippen LogP contribution in [0.25, 0.3) is 0 Å². The fourth-order valence-corrected chi connectivity index (χ4v) is 3.74. The standard InChI is InChI=1S/C24H30N2O2/c1-18(2)17-23(26-28-24(27)25-22-11-7-4-8-12-22)21-15-13-20(14-16-21)19-9-5-3-6-10-19/h4,7-8,11-16,18-19H,3,5-6,9-10,17H2,1-2H3,(H,25,27). The van der Waals surface area contributed by atoms with E-state index in [2.05, 4.69) is 48.6 Å². The van der Waals surface area contributed by atoms with Crippen molar-refractivity contribution in [1.82, 2.24) is 0 Å². The van der Waals surface area contributed by atoms with Gasteiger partial charge in [0.15, 0.2) is 0 Å². The summed E-state index contributed by atoms with van der Waals surface area (Å²) < 4.78 is 0. The predicted octanol–water partition coefficient (Wildman–Crippen LogP) is 6.73. The second-order valence-corrected chi connectivity index (χ2v) is 7.96. The molecule has 1 aliphatic carbocycles. The molecule has 0 radical (unpaired) electrons. The summed E-state index contributed by atoms with van der Waals surface area (Å²) in [6.07, 6.45) is 6.77. The van der Waals surface area contributed by atoms with Crippen LogP contribution in [0.1, 0.15) is 69.4 Å². The molecule has 0 aromatic heterocycles. The molecule has 0 saturated heterocycles. The van der Waals surface area contributed by atoms with Gasteiger partial charge in [0, 0.05) is 5.69 Å². The normalized spacial score (nSPS) is 15.5. The lowest BCUT2D eigenvalue weighted by atomic mass is 9.83. The van der Waals surface area contributed by atoms with Crippen molar-refractivity contribution in [3.8, 4) is 0 Å². The Kier molecular flexibility index (Phi) is 7.24. The van der Waals surface area contributed by atoms with Gasteiger partial charge in [0.05, 0.1) is 5.71 Å². The zero-order valence-electron chi connectivity index (χ0n) is 16.9. The number of hydrogen-bond acceptors (Lipinski definition) is 3. The number of para-hydroxylation sites is 1. The van der Waals surface area contributed by atoms with Crippen LogP contribution in [0.4, 0.5) is 10.5 Å². The number of nitrogens with zero attached hydrogens (tertiary/aromatic N) is 1. The molecule has 3 rings (SSSR count). The molecule has 148 valence electrons. The molecule has 28 heavy (non-hydrogen) atoms. The molecule has 0 aliphatic heterocycles. The first kappa shape index (κ1) is 20.1. The zero-order valence-corrected chi connectivity index (χ0v) is 16.9. The van der Waals surface area contributed by atoms with Gasteiger partial charge in [0.2, 0.25) is 0 Å². The van der Waals surface area contributed by atoms with Crippen molar-refractivity contribution < 1.29 is 9.63 Å². The highest BCUT2D eigenvalue weighted by molar-refractivity contribution is 6.00. The van der Waals surface area contributed by atoms with Crippen LogP contribution in [0.3, 0.4) is 0 Å². The van der Waals surface area contributed by atoms with E-state index in [-0.39, 0.29) is 0 Å². The van der Waals surface area contributed by atoms with Gasteiger partial charge in [-0.15, -0.1) is 0 Å². The van der Waals surface area contributed by atoms with Gasteiger partial charge in [-0.3, -0.25) is 10.2 Å². The topological polar surface area (TPSA) is 50.7 Å². The third-order valence-corrected chi connectivity index (χ3v) is 5.18. The summed E-state index contributed by atoms with van der Waals surface area (Å²) in [6.45, 7) is 4.27. The lowest BCUT2D eigenvalue weighted by molar-refractivity contribution is 0.166. The number of anilines is 1. The number of rotatable bonds is 6. The summed E-state index contributed by atoms with van der Waals surface area (Å²) in [5.74, 6) is 1.10. The maximum absolute atomic E-state index is 12.1. The number of carbonyl (C=O) groups excluding carboxylic acids is 1. The van der Waals surface area contributed by atoms with E-state index in [0.29, 0.717) is 17.5 Å². The summed E-state index contributed by atoms with van der Waals surface area (Å²) >= 11 is 0. The minimum atomic E-state index is -0.578. The Morgan fingerprint density at radius 1 is 1.04 bits per heavy atom. The molecule has 0 spiro atoms. The molecule has 2 aromatic rings. The van der Waals surface area contributed by atoms with Gasteiger partial charge in [0.1, 0.15) is 0 Å². The van der Waals surface area contributed by atoms with E-state index in [0.717, 1.165) is 17.7 Å². The van der Waals surface area contributed by atoms with Crippen molar-refractivity contribution in [1.29, 1.82) is 0 Å².